The van der Waals surface area contributed by atoms with Crippen LogP contribution in [0.15, 0.2) is 30.6 Å². The van der Waals surface area contributed by atoms with Gasteiger partial charge in [0.1, 0.15) is 0 Å². The molecule has 0 saturated heterocycles. The lowest BCUT2D eigenvalue weighted by molar-refractivity contribution is 0.835. The Balaban J connectivity index is 0.000000461. The molecule has 0 radical (unpaired) electrons. The SMILES string of the molecule is CC.CC(C)c1ccc2ccnn2c1. The van der Waals surface area contributed by atoms with Gasteiger partial charge in [-0.2, -0.15) is 5.10 Å². The lowest BCUT2D eigenvalue weighted by Crippen LogP contribution is -1.92. The van der Waals surface area contributed by atoms with E-state index in [4.69, 9.17) is 0 Å². The Morgan fingerprint density at radius 2 is 1.86 bits per heavy atom. The molecule has 0 aromatic carbocycles. The van der Waals surface area contributed by atoms with Crippen LogP contribution < -0.4 is 0 Å². The van der Waals surface area contributed by atoms with Gasteiger partial charge in [0.25, 0.3) is 0 Å². The van der Waals surface area contributed by atoms with Crippen LogP contribution in [0.1, 0.15) is 39.2 Å². The molecule has 14 heavy (non-hydrogen) atoms. The number of fused-ring (bicyclic) bond motifs is 1. The summed E-state index contributed by atoms with van der Waals surface area (Å²) in [7, 11) is 0. The fraction of sp³-hybridized carbons (Fsp3) is 0.417. The molecule has 76 valence electrons. The van der Waals surface area contributed by atoms with Gasteiger partial charge < -0.3 is 0 Å². The average molecular weight is 190 g/mol. The molecule has 2 rings (SSSR count). The molecule has 0 bridgehead atoms. The second-order valence-corrected chi connectivity index (χ2v) is 3.32. The van der Waals surface area contributed by atoms with Crippen molar-refractivity contribution in [2.75, 3.05) is 0 Å². The van der Waals surface area contributed by atoms with Gasteiger partial charge in [0.15, 0.2) is 0 Å². The third-order valence-corrected chi connectivity index (χ3v) is 2.09. The summed E-state index contributed by atoms with van der Waals surface area (Å²) in [6, 6.07) is 6.26. The molecule has 0 unspecified atom stereocenters. The zero-order chi connectivity index (χ0) is 10.6. The summed E-state index contributed by atoms with van der Waals surface area (Å²) in [6.07, 6.45) is 3.90. The predicted molar refractivity (Wildman–Crippen MR) is 60.6 cm³/mol. The average Bonchev–Trinajstić information content (AvgIpc) is 2.67. The number of aromatic nitrogens is 2. The molecule has 0 atom stereocenters. The zero-order valence-corrected chi connectivity index (χ0v) is 9.36. The highest BCUT2D eigenvalue weighted by atomic mass is 15.2. The standard InChI is InChI=1S/C10H12N2.C2H6/c1-8(2)9-3-4-10-5-6-11-12(10)7-9;1-2/h3-8H,1-2H3;1-2H3. The Kier molecular flexibility index (Phi) is 3.69. The number of nitrogens with zero attached hydrogens (tertiary/aromatic N) is 2. The van der Waals surface area contributed by atoms with Gasteiger partial charge in [-0.15, -0.1) is 0 Å². The van der Waals surface area contributed by atoms with E-state index < -0.39 is 0 Å². The van der Waals surface area contributed by atoms with Crippen molar-refractivity contribution in [3.63, 3.8) is 0 Å². The summed E-state index contributed by atoms with van der Waals surface area (Å²) in [5.41, 5.74) is 2.48. The van der Waals surface area contributed by atoms with Crippen LogP contribution in [0, 0.1) is 0 Å². The van der Waals surface area contributed by atoms with Gasteiger partial charge in [0.2, 0.25) is 0 Å². The fourth-order valence-corrected chi connectivity index (χ4v) is 1.27. The molecule has 0 aliphatic heterocycles. The largest absolute Gasteiger partial charge is 0.241 e. The Labute approximate surface area is 85.6 Å². The highest BCUT2D eigenvalue weighted by Crippen LogP contribution is 2.14. The second-order valence-electron chi connectivity index (χ2n) is 3.32. The van der Waals surface area contributed by atoms with Crippen molar-refractivity contribution in [2.24, 2.45) is 0 Å². The monoisotopic (exact) mass is 190 g/mol. The van der Waals surface area contributed by atoms with Gasteiger partial charge in [-0.05, 0) is 23.6 Å². The molecule has 0 aliphatic carbocycles. The molecule has 2 heteroatoms. The first-order valence-corrected chi connectivity index (χ1v) is 5.20. The Morgan fingerprint density at radius 3 is 2.50 bits per heavy atom. The van der Waals surface area contributed by atoms with Crippen molar-refractivity contribution in [3.05, 3.63) is 36.2 Å². The lowest BCUT2D eigenvalue weighted by Gasteiger charge is -2.04. The van der Waals surface area contributed by atoms with Crippen LogP contribution in [0.4, 0.5) is 0 Å². The number of hydrogen-bond donors (Lipinski definition) is 0. The van der Waals surface area contributed by atoms with E-state index in [9.17, 15) is 0 Å². The van der Waals surface area contributed by atoms with Crippen molar-refractivity contribution < 1.29 is 0 Å². The van der Waals surface area contributed by atoms with E-state index in [1.54, 1.807) is 0 Å². The summed E-state index contributed by atoms with van der Waals surface area (Å²) < 4.78 is 1.91. The Hall–Kier alpha value is -1.31. The first-order chi connectivity index (χ1) is 6.77. The first-order valence-electron chi connectivity index (χ1n) is 5.20. The van der Waals surface area contributed by atoms with Crippen LogP contribution in [0.3, 0.4) is 0 Å². The van der Waals surface area contributed by atoms with E-state index in [0.29, 0.717) is 5.92 Å². The highest BCUT2D eigenvalue weighted by Gasteiger charge is 1.99. The lowest BCUT2D eigenvalue weighted by atomic mass is 10.1. The van der Waals surface area contributed by atoms with Crippen molar-refractivity contribution in [1.29, 1.82) is 0 Å². The zero-order valence-electron chi connectivity index (χ0n) is 9.36. The normalized spacial score (nSPS) is 10.1. The van der Waals surface area contributed by atoms with E-state index in [1.165, 1.54) is 5.56 Å². The molecule has 2 heterocycles. The fourth-order valence-electron chi connectivity index (χ4n) is 1.27. The van der Waals surface area contributed by atoms with Crippen LogP contribution in [0.25, 0.3) is 5.52 Å². The Bertz CT molecular complexity index is 388. The maximum atomic E-state index is 4.18. The molecule has 0 fully saturated rings. The molecule has 0 spiro atoms. The van der Waals surface area contributed by atoms with Crippen molar-refractivity contribution in [3.8, 4) is 0 Å². The molecular weight excluding hydrogens is 172 g/mol. The van der Waals surface area contributed by atoms with Crippen LogP contribution >= 0.6 is 0 Å². The van der Waals surface area contributed by atoms with E-state index in [2.05, 4.69) is 37.3 Å². The van der Waals surface area contributed by atoms with Crippen LogP contribution in [0.2, 0.25) is 0 Å². The molecule has 2 aromatic rings. The van der Waals surface area contributed by atoms with Gasteiger partial charge in [-0.3, -0.25) is 0 Å². The maximum Gasteiger partial charge on any atom is 0.0661 e. The molecule has 2 nitrogen and oxygen atoms in total. The molecule has 0 amide bonds. The number of pyridine rings is 1. The summed E-state index contributed by atoms with van der Waals surface area (Å²) in [6.45, 7) is 8.37. The predicted octanol–water partition coefficient (Wildman–Crippen LogP) is 3.48. The molecule has 2 aromatic heterocycles. The summed E-state index contributed by atoms with van der Waals surface area (Å²) >= 11 is 0. The van der Waals surface area contributed by atoms with Crippen LogP contribution in [0.5, 0.6) is 0 Å². The van der Waals surface area contributed by atoms with E-state index in [-0.39, 0.29) is 0 Å². The second kappa shape index (κ2) is 4.80. The minimum atomic E-state index is 0.568. The van der Waals surface area contributed by atoms with Gasteiger partial charge in [-0.1, -0.05) is 33.8 Å². The van der Waals surface area contributed by atoms with Gasteiger partial charge in [0, 0.05) is 12.4 Å². The molecule has 0 N–H and O–H groups in total. The molecule has 0 aliphatic rings. The summed E-state index contributed by atoms with van der Waals surface area (Å²) in [5.74, 6) is 0.568. The van der Waals surface area contributed by atoms with Crippen molar-refractivity contribution in [2.45, 2.75) is 33.6 Å². The van der Waals surface area contributed by atoms with Crippen molar-refractivity contribution >= 4 is 5.52 Å². The maximum absolute atomic E-state index is 4.18. The molecule has 0 saturated carbocycles. The molecular formula is C12H18N2. The summed E-state index contributed by atoms with van der Waals surface area (Å²) in [4.78, 5) is 0. The minimum absolute atomic E-state index is 0.568. The first kappa shape index (κ1) is 10.8. The topological polar surface area (TPSA) is 17.3 Å². The van der Waals surface area contributed by atoms with E-state index in [1.807, 2.05) is 30.6 Å². The number of hydrogen-bond acceptors (Lipinski definition) is 1. The van der Waals surface area contributed by atoms with Gasteiger partial charge >= 0.3 is 0 Å². The van der Waals surface area contributed by atoms with Gasteiger partial charge in [0.05, 0.1) is 5.52 Å². The van der Waals surface area contributed by atoms with Crippen LogP contribution in [-0.4, -0.2) is 9.61 Å². The van der Waals surface area contributed by atoms with Crippen molar-refractivity contribution in [1.82, 2.24) is 9.61 Å². The number of rotatable bonds is 1. The minimum Gasteiger partial charge on any atom is -0.241 e. The van der Waals surface area contributed by atoms with Gasteiger partial charge in [-0.25, -0.2) is 4.52 Å². The third-order valence-electron chi connectivity index (χ3n) is 2.09. The smallest absolute Gasteiger partial charge is 0.0661 e. The van der Waals surface area contributed by atoms with Crippen LogP contribution in [-0.2, 0) is 0 Å². The quantitative estimate of drug-likeness (QED) is 0.673. The van der Waals surface area contributed by atoms with E-state index >= 15 is 0 Å². The Morgan fingerprint density at radius 1 is 1.14 bits per heavy atom. The third kappa shape index (κ3) is 2.13. The van der Waals surface area contributed by atoms with E-state index in [0.717, 1.165) is 5.52 Å². The summed E-state index contributed by atoms with van der Waals surface area (Å²) in [5, 5.41) is 4.18. The highest BCUT2D eigenvalue weighted by molar-refractivity contribution is 5.46.